The average Bonchev–Trinajstić information content (AvgIpc) is 3.44. The zero-order chi connectivity index (χ0) is 27.4. The van der Waals surface area contributed by atoms with Gasteiger partial charge in [0.2, 0.25) is 0 Å². The molecule has 2 heterocycles. The van der Waals surface area contributed by atoms with Crippen molar-refractivity contribution in [2.75, 3.05) is 12.0 Å². The van der Waals surface area contributed by atoms with Gasteiger partial charge in [-0.2, -0.15) is 0 Å². The summed E-state index contributed by atoms with van der Waals surface area (Å²) in [5.41, 5.74) is 8.34. The van der Waals surface area contributed by atoms with E-state index < -0.39 is 23.6 Å². The minimum atomic E-state index is -0.819. The molecule has 0 unspecified atom stereocenters. The molecule has 0 spiro atoms. The quantitative estimate of drug-likeness (QED) is 0.174. The number of benzene rings is 3. The van der Waals surface area contributed by atoms with Gasteiger partial charge in [0.25, 0.3) is 5.91 Å². The normalized spacial score (nSPS) is 11.2. The van der Waals surface area contributed by atoms with E-state index in [-0.39, 0.29) is 5.56 Å². The van der Waals surface area contributed by atoms with Crippen molar-refractivity contribution in [2.24, 2.45) is 7.05 Å². The zero-order valence-electron chi connectivity index (χ0n) is 21.2. The van der Waals surface area contributed by atoms with Crippen molar-refractivity contribution in [3.8, 4) is 0 Å². The van der Waals surface area contributed by atoms with Crippen molar-refractivity contribution < 1.29 is 23.1 Å². The Balaban J connectivity index is 1.21. The molecule has 200 valence electrons. The first-order chi connectivity index (χ1) is 18.9. The van der Waals surface area contributed by atoms with Crippen LogP contribution in [0.4, 0.5) is 19.3 Å². The summed E-state index contributed by atoms with van der Waals surface area (Å²) in [6, 6.07) is 17.6. The van der Waals surface area contributed by atoms with Crippen LogP contribution in [0.1, 0.15) is 22.3 Å². The predicted octanol–water partition coefficient (Wildman–Crippen LogP) is 5.48. The summed E-state index contributed by atoms with van der Waals surface area (Å²) < 4.78 is 37.1. The van der Waals surface area contributed by atoms with E-state index in [1.165, 1.54) is 30.5 Å². The Bertz CT molecular complexity index is 1650. The maximum Gasteiger partial charge on any atom is 0.340 e. The van der Waals surface area contributed by atoms with Crippen LogP contribution >= 0.6 is 0 Å². The van der Waals surface area contributed by atoms with Crippen molar-refractivity contribution in [1.82, 2.24) is 19.9 Å². The van der Waals surface area contributed by atoms with Crippen LogP contribution in [0.2, 0.25) is 0 Å². The second-order valence-corrected chi connectivity index (χ2v) is 9.14. The van der Waals surface area contributed by atoms with Crippen molar-refractivity contribution >= 4 is 39.4 Å². The highest BCUT2D eigenvalue weighted by molar-refractivity contribution is 6.12. The molecule has 3 N–H and O–H groups in total. The Hall–Kier alpha value is -4.70. The van der Waals surface area contributed by atoms with Gasteiger partial charge < -0.3 is 13.9 Å². The number of aryl methyl sites for hydroxylation is 2. The third-order valence-corrected chi connectivity index (χ3v) is 6.38. The van der Waals surface area contributed by atoms with Crippen LogP contribution < -0.4 is 16.2 Å². The summed E-state index contributed by atoms with van der Waals surface area (Å²) in [7, 11) is 1.73. The van der Waals surface area contributed by atoms with E-state index in [1.54, 1.807) is 29.9 Å². The molecule has 5 aromatic rings. The lowest BCUT2D eigenvalue weighted by Gasteiger charge is -2.08. The third-order valence-electron chi connectivity index (χ3n) is 6.38. The van der Waals surface area contributed by atoms with Crippen LogP contribution in [0.3, 0.4) is 0 Å². The number of nitrogens with one attached hydrogen (secondary N) is 3. The van der Waals surface area contributed by atoms with Crippen LogP contribution in [-0.2, 0) is 24.9 Å². The molecule has 3 amide bonds. The van der Waals surface area contributed by atoms with E-state index in [1.807, 2.05) is 34.9 Å². The number of amides is 3. The molecule has 3 aromatic carbocycles. The molecule has 0 fully saturated rings. The Kier molecular flexibility index (Phi) is 7.55. The van der Waals surface area contributed by atoms with Gasteiger partial charge >= 0.3 is 6.03 Å². The van der Waals surface area contributed by atoms with Gasteiger partial charge in [-0.25, -0.2) is 13.6 Å². The fraction of sp³-hybridized carbons (Fsp3) is 0.172. The Morgan fingerprint density at radius 3 is 2.38 bits per heavy atom. The minimum Gasteiger partial charge on any atom is -0.377 e. The van der Waals surface area contributed by atoms with Crippen molar-refractivity contribution in [3.63, 3.8) is 0 Å². The lowest BCUT2D eigenvalue weighted by molar-refractivity contribution is 0.0966. The molecule has 10 heteroatoms. The number of urea groups is 1. The lowest BCUT2D eigenvalue weighted by atomic mass is 10.1. The van der Waals surface area contributed by atoms with Gasteiger partial charge in [0.15, 0.2) is 0 Å². The van der Waals surface area contributed by atoms with E-state index in [4.69, 9.17) is 4.74 Å². The van der Waals surface area contributed by atoms with E-state index in [2.05, 4.69) is 16.2 Å². The van der Waals surface area contributed by atoms with Crippen LogP contribution in [0.25, 0.3) is 21.8 Å². The number of hydrogen-bond acceptors (Lipinski definition) is 4. The van der Waals surface area contributed by atoms with Gasteiger partial charge in [-0.3, -0.25) is 21.0 Å². The number of hydrogen-bond donors (Lipinski definition) is 3. The fourth-order valence-corrected chi connectivity index (χ4v) is 4.53. The van der Waals surface area contributed by atoms with Crippen molar-refractivity contribution in [1.29, 1.82) is 0 Å². The number of anilines is 1. The SMILES string of the molecule is Cn1cc(C(=O)NC(=O)NNc2cn(CCCOCc3ccccc3)c3ccc(F)cc23)c2cc(F)ccc21. The summed E-state index contributed by atoms with van der Waals surface area (Å²) in [5, 5.41) is 3.19. The Morgan fingerprint density at radius 1 is 0.897 bits per heavy atom. The molecule has 0 aliphatic heterocycles. The Morgan fingerprint density at radius 2 is 1.62 bits per heavy atom. The summed E-state index contributed by atoms with van der Waals surface area (Å²) in [4.78, 5) is 25.2. The molecule has 39 heavy (non-hydrogen) atoms. The second kappa shape index (κ2) is 11.4. The maximum absolute atomic E-state index is 14.0. The monoisotopic (exact) mass is 531 g/mol. The number of nitrogens with zero attached hydrogens (tertiary/aromatic N) is 2. The van der Waals surface area contributed by atoms with Gasteiger partial charge in [-0.1, -0.05) is 30.3 Å². The molecular weight excluding hydrogens is 504 g/mol. The number of hydrazine groups is 1. The largest absolute Gasteiger partial charge is 0.377 e. The van der Waals surface area contributed by atoms with Gasteiger partial charge in [-0.15, -0.1) is 0 Å². The zero-order valence-corrected chi connectivity index (χ0v) is 21.2. The molecule has 0 bridgehead atoms. The summed E-state index contributed by atoms with van der Waals surface area (Å²) in [5.74, 6) is -1.59. The number of fused-ring (bicyclic) bond motifs is 2. The number of rotatable bonds is 9. The van der Waals surface area contributed by atoms with Crippen LogP contribution in [-0.4, -0.2) is 27.7 Å². The number of ether oxygens (including phenoxy) is 1. The van der Waals surface area contributed by atoms with Crippen LogP contribution in [0.5, 0.6) is 0 Å². The molecule has 0 aliphatic rings. The first-order valence-corrected chi connectivity index (χ1v) is 12.4. The van der Waals surface area contributed by atoms with Gasteiger partial charge in [0.1, 0.15) is 11.6 Å². The van der Waals surface area contributed by atoms with Crippen molar-refractivity contribution in [2.45, 2.75) is 19.6 Å². The summed E-state index contributed by atoms with van der Waals surface area (Å²) in [6.07, 6.45) is 4.01. The Labute approximate surface area is 223 Å². The molecule has 0 saturated carbocycles. The lowest BCUT2D eigenvalue weighted by Crippen LogP contribution is -2.42. The fourth-order valence-electron chi connectivity index (χ4n) is 4.53. The van der Waals surface area contributed by atoms with Crippen LogP contribution in [0.15, 0.2) is 79.1 Å². The van der Waals surface area contributed by atoms with Gasteiger partial charge in [0.05, 0.1) is 23.4 Å². The molecule has 5 rings (SSSR count). The molecule has 8 nitrogen and oxygen atoms in total. The van der Waals surface area contributed by atoms with E-state index in [0.717, 1.165) is 17.5 Å². The first-order valence-electron chi connectivity index (χ1n) is 12.4. The van der Waals surface area contributed by atoms with E-state index >= 15 is 0 Å². The third kappa shape index (κ3) is 5.91. The van der Waals surface area contributed by atoms with E-state index in [0.29, 0.717) is 41.7 Å². The summed E-state index contributed by atoms with van der Waals surface area (Å²) >= 11 is 0. The van der Waals surface area contributed by atoms with E-state index in [9.17, 15) is 18.4 Å². The van der Waals surface area contributed by atoms with Crippen molar-refractivity contribution in [3.05, 3.63) is 102 Å². The highest BCUT2D eigenvalue weighted by atomic mass is 19.1. The van der Waals surface area contributed by atoms with Gasteiger partial charge in [0, 0.05) is 48.9 Å². The second-order valence-electron chi connectivity index (χ2n) is 9.14. The molecular formula is C29H27F2N5O3. The standard InChI is InChI=1S/C29H27F2N5O3/c1-35-16-24(22-14-20(30)8-10-26(22)35)28(37)32-29(38)34-33-25-17-36(27-11-9-21(31)15-23(25)27)12-5-13-39-18-19-6-3-2-4-7-19/h2-4,6-11,14-17,33H,5,12-13,18H2,1H3,(H2,32,34,37,38). The molecule has 0 atom stereocenters. The number of carbonyl (C=O) groups is 2. The maximum atomic E-state index is 14.0. The number of carbonyl (C=O) groups excluding carboxylic acids is 2. The highest BCUT2D eigenvalue weighted by Gasteiger charge is 2.17. The molecule has 2 aromatic heterocycles. The summed E-state index contributed by atoms with van der Waals surface area (Å²) in [6.45, 7) is 1.68. The average molecular weight is 532 g/mol. The highest BCUT2D eigenvalue weighted by Crippen LogP contribution is 2.27. The van der Waals surface area contributed by atoms with Crippen LogP contribution in [0, 0.1) is 11.6 Å². The number of halogens is 2. The topological polar surface area (TPSA) is 89.3 Å². The van der Waals surface area contributed by atoms with Gasteiger partial charge in [-0.05, 0) is 48.4 Å². The number of aromatic nitrogens is 2. The smallest absolute Gasteiger partial charge is 0.340 e. The molecule has 0 radical (unpaired) electrons. The predicted molar refractivity (Wildman–Crippen MR) is 145 cm³/mol. The first kappa shape index (κ1) is 25.9. The minimum absolute atomic E-state index is 0.162. The molecule has 0 aliphatic carbocycles. The molecule has 0 saturated heterocycles. The number of imide groups is 1.